The molecule has 6 heteroatoms. The molecule has 6 nitrogen and oxygen atoms in total. The number of aliphatic imine (C=N–C) groups is 1. The van der Waals surface area contributed by atoms with E-state index in [-0.39, 0.29) is 30.3 Å². The summed E-state index contributed by atoms with van der Waals surface area (Å²) in [6.45, 7) is 7.38. The molecule has 148 valence electrons. The Bertz CT molecular complexity index is 929. The van der Waals surface area contributed by atoms with Gasteiger partial charge in [0.15, 0.2) is 5.65 Å². The highest BCUT2D eigenvalue weighted by atomic mass is 16.5. The van der Waals surface area contributed by atoms with Crippen LogP contribution in [-0.2, 0) is 17.1 Å². The second kappa shape index (κ2) is 7.68. The summed E-state index contributed by atoms with van der Waals surface area (Å²) in [5, 5.41) is 9.88. The first-order chi connectivity index (χ1) is 13.9. The zero-order chi connectivity index (χ0) is 22.3. The van der Waals surface area contributed by atoms with Crippen molar-refractivity contribution in [3.8, 4) is 0 Å². The standard InChI is InChI=1S/C21H32N4O2/c1-13(2)27-18-9-7-8-14(23-17(18)12-26)16-11-22-15-10-19(21(3,4)5)25(6)20(15)24-16/h10-11,13,17-18,26H,7-9,12H2,1-6H3/t17-,18?/m0/s1/i6D3. The molecule has 2 aromatic rings. The molecule has 0 saturated carbocycles. The van der Waals surface area contributed by atoms with Crippen LogP contribution in [0.5, 0.6) is 0 Å². The Balaban J connectivity index is 2.09. The van der Waals surface area contributed by atoms with Gasteiger partial charge in [-0.3, -0.25) is 9.98 Å². The van der Waals surface area contributed by atoms with E-state index in [4.69, 9.17) is 13.8 Å². The third-order valence-electron chi connectivity index (χ3n) is 4.86. The van der Waals surface area contributed by atoms with Gasteiger partial charge in [-0.2, -0.15) is 0 Å². The Morgan fingerprint density at radius 2 is 2.19 bits per heavy atom. The van der Waals surface area contributed by atoms with Gasteiger partial charge in [0, 0.05) is 22.2 Å². The second-order valence-corrected chi connectivity index (χ2v) is 8.52. The topological polar surface area (TPSA) is 72.5 Å². The molecule has 0 aromatic carbocycles. The quantitative estimate of drug-likeness (QED) is 0.889. The van der Waals surface area contributed by atoms with Crippen LogP contribution in [0.3, 0.4) is 0 Å². The summed E-state index contributed by atoms with van der Waals surface area (Å²) in [6.07, 6.45) is 3.87. The number of ether oxygens (including phenoxy) is 1. The van der Waals surface area contributed by atoms with E-state index in [1.807, 2.05) is 34.6 Å². The van der Waals surface area contributed by atoms with Crippen LogP contribution in [0.2, 0.25) is 0 Å². The molecule has 27 heavy (non-hydrogen) atoms. The lowest BCUT2D eigenvalue weighted by Crippen LogP contribution is -2.32. The highest BCUT2D eigenvalue weighted by molar-refractivity contribution is 6.00. The van der Waals surface area contributed by atoms with Crippen molar-refractivity contribution in [1.82, 2.24) is 14.5 Å². The van der Waals surface area contributed by atoms with E-state index >= 15 is 0 Å². The maximum absolute atomic E-state index is 9.88. The molecule has 2 aromatic heterocycles. The zero-order valence-corrected chi connectivity index (χ0v) is 16.9. The molecule has 1 aliphatic heterocycles. The number of aliphatic hydroxyl groups is 1. The van der Waals surface area contributed by atoms with Gasteiger partial charge in [-0.15, -0.1) is 0 Å². The number of nitrogens with zero attached hydrogens (tertiary/aromatic N) is 4. The van der Waals surface area contributed by atoms with Gasteiger partial charge < -0.3 is 14.4 Å². The molecule has 1 aliphatic rings. The van der Waals surface area contributed by atoms with Gasteiger partial charge in [-0.05, 0) is 39.2 Å². The molecule has 0 spiro atoms. The van der Waals surface area contributed by atoms with Crippen LogP contribution < -0.4 is 0 Å². The summed E-state index contributed by atoms with van der Waals surface area (Å²) < 4.78 is 31.4. The third-order valence-corrected chi connectivity index (χ3v) is 4.86. The van der Waals surface area contributed by atoms with Crippen molar-refractivity contribution >= 4 is 16.9 Å². The first-order valence-corrected chi connectivity index (χ1v) is 9.64. The van der Waals surface area contributed by atoms with Gasteiger partial charge in [0.05, 0.1) is 36.8 Å². The molecule has 0 aliphatic carbocycles. The zero-order valence-electron chi connectivity index (χ0n) is 19.9. The monoisotopic (exact) mass is 375 g/mol. The number of aromatic nitrogens is 3. The summed E-state index contributed by atoms with van der Waals surface area (Å²) in [5.74, 6) is 0. The Morgan fingerprint density at radius 1 is 1.41 bits per heavy atom. The molecule has 1 N–H and O–H groups in total. The lowest BCUT2D eigenvalue weighted by atomic mass is 9.92. The summed E-state index contributed by atoms with van der Waals surface area (Å²) in [4.78, 5) is 13.9. The van der Waals surface area contributed by atoms with Crippen LogP contribution in [-0.4, -0.2) is 50.2 Å². The molecule has 1 unspecified atom stereocenters. The van der Waals surface area contributed by atoms with Crippen molar-refractivity contribution < 1.29 is 14.0 Å². The molecular weight excluding hydrogens is 340 g/mol. The molecule has 0 amide bonds. The predicted molar refractivity (Wildman–Crippen MR) is 108 cm³/mol. The summed E-state index contributed by atoms with van der Waals surface area (Å²) in [7, 11) is 0. The third kappa shape index (κ3) is 4.22. The maximum Gasteiger partial charge on any atom is 0.159 e. The second-order valence-electron chi connectivity index (χ2n) is 8.52. The van der Waals surface area contributed by atoms with Crippen molar-refractivity contribution in [3.05, 3.63) is 23.7 Å². The van der Waals surface area contributed by atoms with Gasteiger partial charge in [0.25, 0.3) is 0 Å². The van der Waals surface area contributed by atoms with E-state index in [1.165, 1.54) is 4.57 Å². The Hall–Kier alpha value is -1.79. The molecule has 3 heterocycles. The molecule has 2 atom stereocenters. The van der Waals surface area contributed by atoms with Crippen LogP contribution in [0.25, 0.3) is 11.2 Å². The van der Waals surface area contributed by atoms with Crippen molar-refractivity contribution in [2.45, 2.75) is 77.5 Å². The van der Waals surface area contributed by atoms with Crippen molar-refractivity contribution in [3.63, 3.8) is 0 Å². The fourth-order valence-corrected chi connectivity index (χ4v) is 3.53. The first kappa shape index (κ1) is 16.2. The van der Waals surface area contributed by atoms with Gasteiger partial charge in [0.1, 0.15) is 11.2 Å². The summed E-state index contributed by atoms with van der Waals surface area (Å²) in [5.41, 5.74) is 2.45. The van der Waals surface area contributed by atoms with Gasteiger partial charge in [0.2, 0.25) is 0 Å². The minimum Gasteiger partial charge on any atom is -0.394 e. The van der Waals surface area contributed by atoms with Crippen LogP contribution in [0.4, 0.5) is 0 Å². The normalized spacial score (nSPS) is 23.7. The maximum atomic E-state index is 9.88. The Morgan fingerprint density at radius 3 is 2.81 bits per heavy atom. The van der Waals surface area contributed by atoms with E-state index in [0.717, 1.165) is 18.6 Å². The average Bonchev–Trinajstić information content (AvgIpc) is 2.92. The molecule has 0 fully saturated rings. The first-order valence-electron chi connectivity index (χ1n) is 11.1. The van der Waals surface area contributed by atoms with E-state index in [9.17, 15) is 5.11 Å². The van der Waals surface area contributed by atoms with Gasteiger partial charge >= 0.3 is 0 Å². The van der Waals surface area contributed by atoms with Crippen LogP contribution in [0.1, 0.15) is 69.4 Å². The van der Waals surface area contributed by atoms with Crippen molar-refractivity contribution in [2.24, 2.45) is 12.0 Å². The fraction of sp³-hybridized carbons (Fsp3) is 0.667. The molecular formula is C21H32N4O2. The predicted octanol–water partition coefficient (Wildman–Crippen LogP) is 3.39. The minimum atomic E-state index is -2.37. The van der Waals surface area contributed by atoms with Gasteiger partial charge in [-0.1, -0.05) is 20.8 Å². The lowest BCUT2D eigenvalue weighted by molar-refractivity contribution is -0.0196. The Kier molecular flexibility index (Phi) is 4.61. The summed E-state index contributed by atoms with van der Waals surface area (Å²) >= 11 is 0. The van der Waals surface area contributed by atoms with Crippen molar-refractivity contribution in [2.75, 3.05) is 6.61 Å². The highest BCUT2D eigenvalue weighted by Gasteiger charge is 2.27. The van der Waals surface area contributed by atoms with E-state index in [1.54, 1.807) is 12.3 Å². The van der Waals surface area contributed by atoms with Crippen LogP contribution in [0, 0.1) is 0 Å². The molecule has 0 bridgehead atoms. The average molecular weight is 376 g/mol. The van der Waals surface area contributed by atoms with E-state index < -0.39 is 6.98 Å². The van der Waals surface area contributed by atoms with E-state index in [0.29, 0.717) is 29.0 Å². The number of fused-ring (bicyclic) bond motifs is 1. The van der Waals surface area contributed by atoms with Crippen LogP contribution in [0.15, 0.2) is 17.3 Å². The number of rotatable bonds is 4. The number of aliphatic hydroxyl groups excluding tert-OH is 1. The number of hydrogen-bond donors (Lipinski definition) is 1. The minimum absolute atomic E-state index is 0.0512. The highest BCUT2D eigenvalue weighted by Crippen LogP contribution is 2.27. The van der Waals surface area contributed by atoms with Crippen molar-refractivity contribution in [1.29, 1.82) is 0 Å². The van der Waals surface area contributed by atoms with Crippen LogP contribution >= 0.6 is 0 Å². The van der Waals surface area contributed by atoms with E-state index in [2.05, 4.69) is 9.97 Å². The number of hydrogen-bond acceptors (Lipinski definition) is 5. The molecule has 0 saturated heterocycles. The van der Waals surface area contributed by atoms with Gasteiger partial charge in [-0.25, -0.2) is 4.98 Å². The SMILES string of the molecule is [2H]C([2H])([2H])n1c(C(C)(C)C)cc2ncc(C3=N[C@@H](CO)C(OC(C)C)CCC3)nc21. The lowest BCUT2D eigenvalue weighted by Gasteiger charge is -2.23. The summed E-state index contributed by atoms with van der Waals surface area (Å²) in [6, 6.07) is 1.43. The number of aryl methyl sites for hydroxylation is 1. The fourth-order valence-electron chi connectivity index (χ4n) is 3.53. The Labute approximate surface area is 165 Å². The smallest absolute Gasteiger partial charge is 0.159 e. The molecule has 0 radical (unpaired) electrons. The molecule has 3 rings (SSSR count). The largest absolute Gasteiger partial charge is 0.394 e.